The van der Waals surface area contributed by atoms with E-state index >= 15 is 0 Å². The van der Waals surface area contributed by atoms with E-state index in [2.05, 4.69) is 9.97 Å². The number of benzene rings is 3. The van der Waals surface area contributed by atoms with Crippen molar-refractivity contribution in [3.63, 3.8) is 0 Å². The number of hydrogen-bond acceptors (Lipinski definition) is 14. The minimum Gasteiger partial charge on any atom is -0.497 e. The third-order valence-corrected chi connectivity index (χ3v) is 18.5. The average molecular weight is 1010 g/mol. The van der Waals surface area contributed by atoms with Crippen LogP contribution in [0.2, 0.25) is 11.1 Å². The standard InChI is InChI=1S/C49H63N4O15PSi/c1-10-64-70(30(2)3,31(4)5)68-40-25-44(53-27-33(7)46(55)51-48(53)57)66-42(40)29-63-69(58,59)67-39-24-43(52-26-32(6)45(54)50-47(52)56)65-41(39)28-62-49(34-14-12-11-13-15-34,35-16-20-37(60-8)21-17-35)36-18-22-38(61-9)23-19-36/h11-23,26-27,30-31,39-44H,10,24-25,28-29H2,1-9H3,(H,58,59)(H,50,54,56)(H,51,55,57)/t39-,40-,41+,42+,43+,44+/m0/s1. The van der Waals surface area contributed by atoms with Crippen LogP contribution in [0.4, 0.5) is 0 Å². The first kappa shape index (κ1) is 52.6. The van der Waals surface area contributed by atoms with Crippen LogP contribution in [0.15, 0.2) is 110 Å². The summed E-state index contributed by atoms with van der Waals surface area (Å²) in [6.07, 6.45) is -3.49. The fraction of sp³-hybridized carbons (Fsp3) is 0.469. The molecule has 378 valence electrons. The van der Waals surface area contributed by atoms with Gasteiger partial charge in [0.15, 0.2) is 0 Å². The molecule has 4 heterocycles. The molecule has 21 heteroatoms. The molecular formula is C49H63N4O15PSi. The summed E-state index contributed by atoms with van der Waals surface area (Å²) in [5.41, 5.74) is -1.30. The highest BCUT2D eigenvalue weighted by Crippen LogP contribution is 2.51. The molecule has 0 saturated carbocycles. The van der Waals surface area contributed by atoms with E-state index in [0.29, 0.717) is 29.2 Å². The number of rotatable bonds is 21. The molecule has 2 fully saturated rings. The monoisotopic (exact) mass is 1010 g/mol. The number of H-pyrrole nitrogens is 2. The average Bonchev–Trinajstić information content (AvgIpc) is 3.93. The number of aryl methyl sites for hydroxylation is 2. The summed E-state index contributed by atoms with van der Waals surface area (Å²) in [6.45, 7) is 12.6. The predicted octanol–water partition coefficient (Wildman–Crippen LogP) is 6.49. The van der Waals surface area contributed by atoms with Gasteiger partial charge < -0.3 is 37.4 Å². The lowest BCUT2D eigenvalue weighted by Gasteiger charge is -2.40. The lowest BCUT2D eigenvalue weighted by atomic mass is 9.80. The Morgan fingerprint density at radius 2 is 1.17 bits per heavy atom. The van der Waals surface area contributed by atoms with E-state index in [-0.39, 0.29) is 41.7 Å². The molecule has 2 aliphatic rings. The predicted molar refractivity (Wildman–Crippen MR) is 261 cm³/mol. The molecule has 0 aliphatic carbocycles. The molecule has 1 unspecified atom stereocenters. The normalized spacial score (nSPS) is 21.6. The molecule has 2 saturated heterocycles. The van der Waals surface area contributed by atoms with Gasteiger partial charge in [-0.1, -0.05) is 82.3 Å². The minimum absolute atomic E-state index is 0.0262. The zero-order valence-corrected chi connectivity index (χ0v) is 42.7. The summed E-state index contributed by atoms with van der Waals surface area (Å²) in [7, 11) is -4.95. The van der Waals surface area contributed by atoms with Gasteiger partial charge in [0.25, 0.3) is 11.1 Å². The van der Waals surface area contributed by atoms with Crippen molar-refractivity contribution >= 4 is 16.4 Å². The van der Waals surface area contributed by atoms with Crippen LogP contribution in [-0.4, -0.2) is 91.0 Å². The second-order valence-electron chi connectivity index (χ2n) is 18.0. The molecular weight excluding hydrogens is 944 g/mol. The van der Waals surface area contributed by atoms with Crippen LogP contribution >= 0.6 is 7.82 Å². The van der Waals surface area contributed by atoms with Crippen LogP contribution in [-0.2, 0) is 42.3 Å². The Bertz CT molecular complexity index is 2800. The van der Waals surface area contributed by atoms with Gasteiger partial charge in [0.2, 0.25) is 0 Å². The van der Waals surface area contributed by atoms with Crippen LogP contribution in [0.1, 0.15) is 87.7 Å². The number of nitrogens with one attached hydrogen (secondary N) is 2. The first-order chi connectivity index (χ1) is 33.3. The highest BCUT2D eigenvalue weighted by molar-refractivity contribution is 7.47. The van der Waals surface area contributed by atoms with Gasteiger partial charge >= 0.3 is 27.8 Å². The molecule has 3 N–H and O–H groups in total. The number of methoxy groups -OCH3 is 2. The quantitative estimate of drug-likeness (QED) is 0.0405. The third kappa shape index (κ3) is 11.1. The highest BCUT2D eigenvalue weighted by Gasteiger charge is 2.51. The van der Waals surface area contributed by atoms with Gasteiger partial charge in [-0.3, -0.25) is 37.7 Å². The maximum absolute atomic E-state index is 14.3. The minimum atomic E-state index is -5.06. The van der Waals surface area contributed by atoms with Crippen LogP contribution in [0.25, 0.3) is 0 Å². The Kier molecular flexibility index (Phi) is 16.5. The summed E-state index contributed by atoms with van der Waals surface area (Å²) in [4.78, 5) is 67.4. The summed E-state index contributed by atoms with van der Waals surface area (Å²) in [6, 6.07) is 24.3. The van der Waals surface area contributed by atoms with Crippen molar-refractivity contribution in [2.24, 2.45) is 0 Å². The first-order valence-electron chi connectivity index (χ1n) is 23.3. The zero-order chi connectivity index (χ0) is 50.5. The van der Waals surface area contributed by atoms with E-state index in [1.807, 2.05) is 113 Å². The molecule has 5 aromatic rings. The van der Waals surface area contributed by atoms with Gasteiger partial charge in [0, 0.05) is 43.0 Å². The lowest BCUT2D eigenvalue weighted by molar-refractivity contribution is -0.0953. The molecule has 7 atom stereocenters. The number of phosphoric ester groups is 1. The highest BCUT2D eigenvalue weighted by atomic mass is 31.2. The van der Waals surface area contributed by atoms with Crippen molar-refractivity contribution in [3.05, 3.63) is 161 Å². The maximum Gasteiger partial charge on any atom is 0.472 e. The van der Waals surface area contributed by atoms with Crippen molar-refractivity contribution in [3.8, 4) is 11.5 Å². The van der Waals surface area contributed by atoms with Crippen LogP contribution < -0.4 is 32.0 Å². The van der Waals surface area contributed by atoms with Crippen molar-refractivity contribution < 1.29 is 51.0 Å². The summed E-state index contributed by atoms with van der Waals surface area (Å²) >= 11 is 0. The van der Waals surface area contributed by atoms with Crippen molar-refractivity contribution in [1.82, 2.24) is 19.1 Å². The van der Waals surface area contributed by atoms with Crippen LogP contribution in [0.5, 0.6) is 11.5 Å². The number of hydrogen-bond donors (Lipinski definition) is 3. The van der Waals surface area contributed by atoms with E-state index in [1.54, 1.807) is 21.1 Å². The van der Waals surface area contributed by atoms with Crippen molar-refractivity contribution in [1.29, 1.82) is 0 Å². The number of ether oxygens (including phenoxy) is 5. The van der Waals surface area contributed by atoms with Gasteiger partial charge in [-0.25, -0.2) is 14.2 Å². The lowest BCUT2D eigenvalue weighted by Crippen LogP contribution is -2.52. The fourth-order valence-corrected chi connectivity index (χ4v) is 14.0. The SMILES string of the molecule is CCO[Si](O[C@H]1C[C@H](n2cc(C)c(=O)[nH]c2=O)O[C@@H]1COP(=O)(O)O[C@H]1C[C@H](n2cc(C)c(=O)[nH]c2=O)O[C@@H]1COC(c1ccccc1)(c1ccc(OC)cc1)c1ccc(OC)cc1)(C(C)C)C(C)C. The van der Waals surface area contributed by atoms with E-state index < -0.39 is 88.0 Å². The molecule has 3 aromatic carbocycles. The second-order valence-corrected chi connectivity index (χ2v) is 23.7. The fourth-order valence-electron chi connectivity index (χ4n) is 9.30. The van der Waals surface area contributed by atoms with E-state index in [1.165, 1.54) is 28.5 Å². The number of aromatic nitrogens is 4. The van der Waals surface area contributed by atoms with Gasteiger partial charge in [0.1, 0.15) is 47.9 Å². The molecule has 70 heavy (non-hydrogen) atoms. The van der Waals surface area contributed by atoms with Crippen molar-refractivity contribution in [2.45, 2.75) is 115 Å². The Morgan fingerprint density at radius 1 is 0.714 bits per heavy atom. The second kappa shape index (κ2) is 22.0. The van der Waals surface area contributed by atoms with Crippen LogP contribution in [0.3, 0.4) is 0 Å². The van der Waals surface area contributed by atoms with E-state index in [0.717, 1.165) is 5.56 Å². The Hall–Kier alpha value is -5.25. The summed E-state index contributed by atoms with van der Waals surface area (Å²) in [5, 5.41) is 0. The molecule has 7 rings (SSSR count). The van der Waals surface area contributed by atoms with Crippen molar-refractivity contribution in [2.75, 3.05) is 34.0 Å². The number of nitrogens with zero attached hydrogens (tertiary/aromatic N) is 2. The molecule has 0 amide bonds. The first-order valence-corrected chi connectivity index (χ1v) is 26.7. The summed E-state index contributed by atoms with van der Waals surface area (Å²) in [5.74, 6) is 1.23. The number of phosphoric acid groups is 1. The smallest absolute Gasteiger partial charge is 0.472 e. The molecule has 2 aromatic heterocycles. The van der Waals surface area contributed by atoms with Gasteiger partial charge in [-0.2, -0.15) is 0 Å². The Morgan fingerprint density at radius 3 is 1.63 bits per heavy atom. The zero-order valence-electron chi connectivity index (χ0n) is 40.8. The Balaban J connectivity index is 1.22. The van der Waals surface area contributed by atoms with Crippen LogP contribution in [0, 0.1) is 13.8 Å². The van der Waals surface area contributed by atoms with Gasteiger partial charge in [-0.05, 0) is 72.8 Å². The summed E-state index contributed by atoms with van der Waals surface area (Å²) < 4.78 is 73.0. The molecule has 0 bridgehead atoms. The van der Waals surface area contributed by atoms with Gasteiger partial charge in [0.05, 0.1) is 33.5 Å². The molecule has 19 nitrogen and oxygen atoms in total. The Labute approximate surface area is 406 Å². The van der Waals surface area contributed by atoms with E-state index in [4.69, 9.17) is 41.6 Å². The molecule has 0 radical (unpaired) electrons. The third-order valence-electron chi connectivity index (χ3n) is 12.9. The molecule has 2 aliphatic heterocycles. The largest absolute Gasteiger partial charge is 0.497 e. The van der Waals surface area contributed by atoms with Gasteiger partial charge in [-0.15, -0.1) is 0 Å². The molecule has 0 spiro atoms. The van der Waals surface area contributed by atoms with E-state index in [9.17, 15) is 28.6 Å². The number of aromatic amines is 2. The topological polar surface area (TPSA) is 230 Å². The maximum atomic E-state index is 14.3.